The lowest BCUT2D eigenvalue weighted by molar-refractivity contribution is -0.136. The second kappa shape index (κ2) is 6.32. The van der Waals surface area contributed by atoms with Crippen LogP contribution in [-0.2, 0) is 14.8 Å². The van der Waals surface area contributed by atoms with Crippen LogP contribution < -0.4 is 0 Å². The van der Waals surface area contributed by atoms with Gasteiger partial charge >= 0.3 is 5.97 Å². The molecule has 0 bridgehead atoms. The molecule has 0 radical (unpaired) electrons. The Hall–Kier alpha value is -0.660. The monoisotopic (exact) mass is 265 g/mol. The molecule has 2 N–H and O–H groups in total. The number of aliphatic hydroxyl groups is 1. The van der Waals surface area contributed by atoms with Crippen LogP contribution in [0.2, 0.25) is 0 Å². The summed E-state index contributed by atoms with van der Waals surface area (Å²) in [6, 6.07) is -0.174. The van der Waals surface area contributed by atoms with Crippen molar-refractivity contribution in [1.82, 2.24) is 4.31 Å². The fraction of sp³-hybridized carbons (Fsp3) is 0.900. The number of aliphatic carboxylic acids is 1. The first kappa shape index (κ1) is 14.4. The van der Waals surface area contributed by atoms with E-state index < -0.39 is 16.0 Å². The van der Waals surface area contributed by atoms with Crippen LogP contribution in [0.3, 0.4) is 0 Å². The standard InChI is InChI=1S/C10H19NO5S/c12-7-4-9-3-1-2-6-11(9)17(15,16)8-5-10(13)14/h9,12H,1-8H2,(H,13,14). The number of aliphatic hydroxyl groups excluding tert-OH is 1. The summed E-state index contributed by atoms with van der Waals surface area (Å²) in [4.78, 5) is 10.4. The van der Waals surface area contributed by atoms with Gasteiger partial charge in [0.15, 0.2) is 0 Å². The normalized spacial score (nSPS) is 22.5. The van der Waals surface area contributed by atoms with Gasteiger partial charge in [-0.2, -0.15) is 4.31 Å². The molecule has 1 rings (SSSR count). The first-order valence-corrected chi connectivity index (χ1v) is 7.40. The molecule has 0 spiro atoms. The van der Waals surface area contributed by atoms with E-state index in [1.807, 2.05) is 0 Å². The van der Waals surface area contributed by atoms with E-state index in [9.17, 15) is 13.2 Å². The van der Waals surface area contributed by atoms with Crippen molar-refractivity contribution in [3.8, 4) is 0 Å². The van der Waals surface area contributed by atoms with E-state index in [0.717, 1.165) is 19.3 Å². The van der Waals surface area contributed by atoms with Crippen LogP contribution in [0.25, 0.3) is 0 Å². The molecule has 0 aliphatic carbocycles. The zero-order valence-electron chi connectivity index (χ0n) is 9.71. The molecular formula is C10H19NO5S. The Kier molecular flexibility index (Phi) is 5.35. The van der Waals surface area contributed by atoms with Gasteiger partial charge in [-0.05, 0) is 19.3 Å². The number of hydrogen-bond acceptors (Lipinski definition) is 4. The summed E-state index contributed by atoms with van der Waals surface area (Å²) in [5.41, 5.74) is 0. The van der Waals surface area contributed by atoms with Crippen LogP contribution in [0.1, 0.15) is 32.1 Å². The second-order valence-electron chi connectivity index (χ2n) is 4.23. The van der Waals surface area contributed by atoms with Crippen molar-refractivity contribution in [2.24, 2.45) is 0 Å². The Balaban J connectivity index is 2.68. The van der Waals surface area contributed by atoms with Crippen LogP contribution >= 0.6 is 0 Å². The Bertz CT molecular complexity index is 352. The van der Waals surface area contributed by atoms with Crippen LogP contribution in [0.5, 0.6) is 0 Å². The van der Waals surface area contributed by atoms with Crippen LogP contribution in [-0.4, -0.2) is 53.9 Å². The predicted molar refractivity (Wildman–Crippen MR) is 62.1 cm³/mol. The molecule has 17 heavy (non-hydrogen) atoms. The summed E-state index contributed by atoms with van der Waals surface area (Å²) >= 11 is 0. The van der Waals surface area contributed by atoms with E-state index in [2.05, 4.69) is 0 Å². The molecule has 1 saturated heterocycles. The zero-order valence-corrected chi connectivity index (χ0v) is 10.5. The smallest absolute Gasteiger partial charge is 0.304 e. The maximum absolute atomic E-state index is 12.0. The van der Waals surface area contributed by atoms with Gasteiger partial charge in [0.1, 0.15) is 0 Å². The average molecular weight is 265 g/mol. The fourth-order valence-electron chi connectivity index (χ4n) is 2.11. The van der Waals surface area contributed by atoms with Gasteiger partial charge in [0.25, 0.3) is 0 Å². The number of piperidine rings is 1. The third-order valence-electron chi connectivity index (χ3n) is 2.97. The molecule has 1 heterocycles. The minimum atomic E-state index is -3.51. The number of rotatable bonds is 6. The van der Waals surface area contributed by atoms with E-state index in [4.69, 9.17) is 10.2 Å². The lowest BCUT2D eigenvalue weighted by Gasteiger charge is -2.34. The molecule has 1 atom stereocenters. The second-order valence-corrected chi connectivity index (χ2v) is 6.27. The number of sulfonamides is 1. The molecule has 1 aliphatic heterocycles. The van der Waals surface area contributed by atoms with Crippen molar-refractivity contribution in [3.05, 3.63) is 0 Å². The van der Waals surface area contributed by atoms with Crippen molar-refractivity contribution >= 4 is 16.0 Å². The van der Waals surface area contributed by atoms with E-state index >= 15 is 0 Å². The van der Waals surface area contributed by atoms with Crippen molar-refractivity contribution in [2.75, 3.05) is 18.9 Å². The zero-order chi connectivity index (χ0) is 12.9. The molecule has 1 fully saturated rings. The first-order chi connectivity index (χ1) is 7.97. The number of hydrogen-bond donors (Lipinski definition) is 2. The predicted octanol–water partition coefficient (Wildman–Crippen LogP) is 0.0278. The van der Waals surface area contributed by atoms with Crippen molar-refractivity contribution in [3.63, 3.8) is 0 Å². The van der Waals surface area contributed by atoms with E-state index in [1.54, 1.807) is 0 Å². The molecular weight excluding hydrogens is 246 g/mol. The van der Waals surface area contributed by atoms with Gasteiger partial charge in [0, 0.05) is 19.2 Å². The van der Waals surface area contributed by atoms with Gasteiger partial charge in [-0.15, -0.1) is 0 Å². The molecule has 0 saturated carbocycles. The quantitative estimate of drug-likeness (QED) is 0.706. The van der Waals surface area contributed by atoms with Crippen molar-refractivity contribution < 1.29 is 23.4 Å². The number of carboxylic acids is 1. The Morgan fingerprint density at radius 3 is 2.65 bits per heavy atom. The van der Waals surface area contributed by atoms with Crippen LogP contribution in [0.15, 0.2) is 0 Å². The van der Waals surface area contributed by atoms with E-state index in [0.29, 0.717) is 13.0 Å². The van der Waals surface area contributed by atoms with Crippen molar-refractivity contribution in [1.29, 1.82) is 0 Å². The molecule has 100 valence electrons. The number of nitrogens with zero attached hydrogens (tertiary/aromatic N) is 1. The average Bonchev–Trinajstić information content (AvgIpc) is 2.28. The number of carboxylic acid groups (broad SMARTS) is 1. The highest BCUT2D eigenvalue weighted by molar-refractivity contribution is 7.89. The van der Waals surface area contributed by atoms with Gasteiger partial charge in [-0.1, -0.05) is 6.42 Å². The Morgan fingerprint density at radius 1 is 1.35 bits per heavy atom. The van der Waals surface area contributed by atoms with Gasteiger partial charge in [-0.25, -0.2) is 8.42 Å². The molecule has 6 nitrogen and oxygen atoms in total. The fourth-order valence-corrected chi connectivity index (χ4v) is 3.85. The van der Waals surface area contributed by atoms with Gasteiger partial charge < -0.3 is 10.2 Å². The molecule has 0 aromatic rings. The lowest BCUT2D eigenvalue weighted by Crippen LogP contribution is -2.45. The first-order valence-electron chi connectivity index (χ1n) is 5.79. The highest BCUT2D eigenvalue weighted by Gasteiger charge is 2.31. The van der Waals surface area contributed by atoms with Gasteiger partial charge in [0.05, 0.1) is 12.2 Å². The number of carbonyl (C=O) groups is 1. The topological polar surface area (TPSA) is 94.9 Å². The Morgan fingerprint density at radius 2 is 2.06 bits per heavy atom. The van der Waals surface area contributed by atoms with E-state index in [-0.39, 0.29) is 24.8 Å². The summed E-state index contributed by atoms with van der Waals surface area (Å²) in [7, 11) is -3.51. The van der Waals surface area contributed by atoms with Crippen molar-refractivity contribution in [2.45, 2.75) is 38.1 Å². The molecule has 1 aliphatic rings. The minimum absolute atomic E-state index is 0.0460. The maximum atomic E-state index is 12.0. The van der Waals surface area contributed by atoms with E-state index in [1.165, 1.54) is 4.31 Å². The van der Waals surface area contributed by atoms with Crippen LogP contribution in [0, 0.1) is 0 Å². The summed E-state index contributed by atoms with van der Waals surface area (Å²) in [5.74, 6) is -1.46. The summed E-state index contributed by atoms with van der Waals surface area (Å²) in [6.45, 7) is 0.391. The molecule has 7 heteroatoms. The minimum Gasteiger partial charge on any atom is -0.481 e. The molecule has 0 aromatic heterocycles. The summed E-state index contributed by atoms with van der Waals surface area (Å²) < 4.78 is 25.3. The van der Waals surface area contributed by atoms with Crippen LogP contribution in [0.4, 0.5) is 0 Å². The molecule has 1 unspecified atom stereocenters. The Labute approximate surface area is 101 Å². The van der Waals surface area contributed by atoms with Gasteiger partial charge in [-0.3, -0.25) is 4.79 Å². The molecule has 0 aromatic carbocycles. The largest absolute Gasteiger partial charge is 0.481 e. The maximum Gasteiger partial charge on any atom is 0.304 e. The third kappa shape index (κ3) is 4.25. The summed E-state index contributed by atoms with van der Waals surface area (Å²) in [5, 5.41) is 17.4. The van der Waals surface area contributed by atoms with Gasteiger partial charge in [0.2, 0.25) is 10.0 Å². The summed E-state index contributed by atoms with van der Waals surface area (Å²) in [6.07, 6.45) is 2.55. The molecule has 0 amide bonds. The highest BCUT2D eigenvalue weighted by atomic mass is 32.2. The lowest BCUT2D eigenvalue weighted by atomic mass is 10.0. The highest BCUT2D eigenvalue weighted by Crippen LogP contribution is 2.23. The third-order valence-corrected chi connectivity index (χ3v) is 4.88. The SMILES string of the molecule is O=C(O)CCS(=O)(=O)N1CCCCC1CCO.